The van der Waals surface area contributed by atoms with Gasteiger partial charge in [-0.25, -0.2) is 4.98 Å². The highest BCUT2D eigenvalue weighted by atomic mass is 32.2. The average molecular weight is 431 g/mol. The first-order valence-electron chi connectivity index (χ1n) is 7.95. The van der Waals surface area contributed by atoms with E-state index in [-0.39, 0.29) is 23.3 Å². The van der Waals surface area contributed by atoms with E-state index in [1.165, 1.54) is 17.8 Å². The van der Waals surface area contributed by atoms with Gasteiger partial charge in [0.2, 0.25) is 5.89 Å². The lowest BCUT2D eigenvalue weighted by Gasteiger charge is -2.12. The molecule has 0 unspecified atom stereocenters. The van der Waals surface area contributed by atoms with Crippen LogP contribution in [-0.4, -0.2) is 15.1 Å². The summed E-state index contributed by atoms with van der Waals surface area (Å²) >= 11 is 1.33. The van der Waals surface area contributed by atoms with Gasteiger partial charge in [0.1, 0.15) is 0 Å². The summed E-state index contributed by atoms with van der Waals surface area (Å²) in [5.74, 6) is 0.563. The molecule has 0 N–H and O–H groups in total. The lowest BCUT2D eigenvalue weighted by Crippen LogP contribution is -2.11. The van der Waals surface area contributed by atoms with Crippen LogP contribution < -0.4 is 0 Å². The van der Waals surface area contributed by atoms with Crippen LogP contribution in [0.15, 0.2) is 52.1 Å². The Morgan fingerprint density at radius 1 is 0.931 bits per heavy atom. The van der Waals surface area contributed by atoms with Crippen molar-refractivity contribution in [2.75, 3.05) is 0 Å². The minimum absolute atomic E-state index is 0.0209. The van der Waals surface area contributed by atoms with Gasteiger partial charge in [-0.1, -0.05) is 29.1 Å². The number of halogens is 6. The Morgan fingerprint density at radius 3 is 2.21 bits per heavy atom. The molecule has 0 bridgehead atoms. The highest BCUT2D eigenvalue weighted by Gasteiger charge is 2.36. The third kappa shape index (κ3) is 5.83. The second-order valence-corrected chi connectivity index (χ2v) is 6.67. The first kappa shape index (κ1) is 20.9. The fourth-order valence-electron chi connectivity index (χ4n) is 2.21. The molecule has 0 saturated carbocycles. The standard InChI is InChI=1S/C18H11F6N3OS/c19-17(20,21)12-7-11(8-13(9-12)18(22,23)24)4-5-14-26-15(28-27-14)10-29-16-3-1-2-6-25-16/h1-9H,10H2. The van der Waals surface area contributed by atoms with Crippen LogP contribution in [0.3, 0.4) is 0 Å². The molecule has 0 radical (unpaired) electrons. The molecule has 0 amide bonds. The van der Waals surface area contributed by atoms with Gasteiger partial charge in [0, 0.05) is 6.20 Å². The predicted molar refractivity (Wildman–Crippen MR) is 93.5 cm³/mol. The number of aromatic nitrogens is 3. The van der Waals surface area contributed by atoms with E-state index < -0.39 is 23.5 Å². The van der Waals surface area contributed by atoms with E-state index in [0.717, 1.165) is 11.1 Å². The maximum absolute atomic E-state index is 12.9. The maximum atomic E-state index is 12.9. The maximum Gasteiger partial charge on any atom is 0.416 e. The quantitative estimate of drug-likeness (QED) is 0.368. The van der Waals surface area contributed by atoms with Crippen LogP contribution in [-0.2, 0) is 18.1 Å². The molecule has 0 aliphatic rings. The Kier molecular flexibility index (Phi) is 5.96. The van der Waals surface area contributed by atoms with Gasteiger partial charge >= 0.3 is 12.4 Å². The number of rotatable bonds is 5. The van der Waals surface area contributed by atoms with Crippen LogP contribution in [0, 0.1) is 0 Å². The minimum atomic E-state index is -4.91. The Balaban J connectivity index is 1.76. The van der Waals surface area contributed by atoms with Crippen molar-refractivity contribution in [1.82, 2.24) is 15.1 Å². The zero-order valence-electron chi connectivity index (χ0n) is 14.3. The molecule has 2 aromatic heterocycles. The largest absolute Gasteiger partial charge is 0.416 e. The summed E-state index contributed by atoms with van der Waals surface area (Å²) < 4.78 is 82.3. The first-order chi connectivity index (χ1) is 13.6. The van der Waals surface area contributed by atoms with Gasteiger partial charge in [-0.2, -0.15) is 31.3 Å². The normalized spacial score (nSPS) is 12.6. The number of pyridine rings is 1. The van der Waals surface area contributed by atoms with E-state index in [1.54, 1.807) is 18.3 Å². The van der Waals surface area contributed by atoms with E-state index in [9.17, 15) is 26.3 Å². The van der Waals surface area contributed by atoms with Gasteiger partial charge in [0.25, 0.3) is 0 Å². The Labute approximate surface area is 164 Å². The van der Waals surface area contributed by atoms with Crippen molar-refractivity contribution in [2.45, 2.75) is 23.1 Å². The molecular formula is C18H11F6N3OS. The predicted octanol–water partition coefficient (Wildman–Crippen LogP) is 5.96. The van der Waals surface area contributed by atoms with Gasteiger partial charge in [-0.05, 0) is 42.0 Å². The van der Waals surface area contributed by atoms with E-state index in [2.05, 4.69) is 15.1 Å². The SMILES string of the molecule is FC(F)(F)c1cc(C=Cc2noc(CSc3ccccn3)n2)cc(C(F)(F)F)c1. The molecule has 0 spiro atoms. The molecule has 3 aromatic rings. The van der Waals surface area contributed by atoms with Crippen molar-refractivity contribution in [2.24, 2.45) is 0 Å². The van der Waals surface area contributed by atoms with Crippen molar-refractivity contribution in [3.63, 3.8) is 0 Å². The topological polar surface area (TPSA) is 51.8 Å². The van der Waals surface area contributed by atoms with Gasteiger partial charge in [-0.3, -0.25) is 0 Å². The number of benzene rings is 1. The fourth-order valence-corrected chi connectivity index (χ4v) is 2.91. The lowest BCUT2D eigenvalue weighted by molar-refractivity contribution is -0.143. The number of hydrogen-bond acceptors (Lipinski definition) is 5. The number of nitrogens with zero attached hydrogens (tertiary/aromatic N) is 3. The lowest BCUT2D eigenvalue weighted by atomic mass is 10.0. The molecule has 11 heteroatoms. The summed E-state index contributed by atoms with van der Waals surface area (Å²) in [5.41, 5.74) is -3.08. The van der Waals surface area contributed by atoms with Gasteiger partial charge in [0.15, 0.2) is 5.82 Å². The smallest absolute Gasteiger partial charge is 0.338 e. The van der Waals surface area contributed by atoms with E-state index >= 15 is 0 Å². The third-order valence-corrected chi connectivity index (χ3v) is 4.43. The molecule has 29 heavy (non-hydrogen) atoms. The molecule has 3 rings (SSSR count). The zero-order chi connectivity index (χ0) is 21.1. The third-order valence-electron chi connectivity index (χ3n) is 3.50. The van der Waals surface area contributed by atoms with E-state index in [1.807, 2.05) is 6.07 Å². The molecule has 0 atom stereocenters. The van der Waals surface area contributed by atoms with Crippen LogP contribution >= 0.6 is 11.8 Å². The van der Waals surface area contributed by atoms with Gasteiger partial charge in [-0.15, -0.1) is 0 Å². The second-order valence-electron chi connectivity index (χ2n) is 5.68. The van der Waals surface area contributed by atoms with Gasteiger partial charge in [0.05, 0.1) is 21.9 Å². The summed E-state index contributed by atoms with van der Waals surface area (Å²) in [6.07, 6.45) is -5.97. The van der Waals surface area contributed by atoms with Crippen molar-refractivity contribution in [3.8, 4) is 0 Å². The Morgan fingerprint density at radius 2 is 1.62 bits per heavy atom. The highest BCUT2D eigenvalue weighted by molar-refractivity contribution is 7.98. The van der Waals surface area contributed by atoms with E-state index in [4.69, 9.17) is 4.52 Å². The minimum Gasteiger partial charge on any atom is -0.338 e. The molecule has 2 heterocycles. The molecule has 1 aromatic carbocycles. The summed E-state index contributed by atoms with van der Waals surface area (Å²) in [5, 5.41) is 4.36. The van der Waals surface area contributed by atoms with Crippen LogP contribution in [0.2, 0.25) is 0 Å². The molecule has 0 saturated heterocycles. The monoisotopic (exact) mass is 431 g/mol. The fraction of sp³-hybridized carbons (Fsp3) is 0.167. The summed E-state index contributed by atoms with van der Waals surface area (Å²) in [6.45, 7) is 0. The van der Waals surface area contributed by atoms with Crippen molar-refractivity contribution in [3.05, 3.63) is 71.0 Å². The first-order valence-corrected chi connectivity index (χ1v) is 8.94. The Bertz CT molecular complexity index is 967. The molecular weight excluding hydrogens is 420 g/mol. The second kappa shape index (κ2) is 8.27. The van der Waals surface area contributed by atoms with Crippen LogP contribution in [0.4, 0.5) is 26.3 Å². The summed E-state index contributed by atoms with van der Waals surface area (Å²) in [4.78, 5) is 8.13. The highest BCUT2D eigenvalue weighted by Crippen LogP contribution is 2.36. The molecule has 0 fully saturated rings. The number of alkyl halides is 6. The molecule has 4 nitrogen and oxygen atoms in total. The van der Waals surface area contributed by atoms with E-state index in [0.29, 0.717) is 17.9 Å². The van der Waals surface area contributed by atoms with Crippen LogP contribution in [0.1, 0.15) is 28.4 Å². The van der Waals surface area contributed by atoms with Crippen LogP contribution in [0.5, 0.6) is 0 Å². The van der Waals surface area contributed by atoms with Crippen molar-refractivity contribution < 1.29 is 30.9 Å². The number of thioether (sulfide) groups is 1. The Hall–Kier alpha value is -2.82. The number of hydrogen-bond donors (Lipinski definition) is 0. The van der Waals surface area contributed by atoms with Gasteiger partial charge < -0.3 is 4.52 Å². The molecule has 0 aliphatic heterocycles. The summed E-state index contributed by atoms with van der Waals surface area (Å²) in [6, 6.07) is 6.65. The van der Waals surface area contributed by atoms with Crippen LogP contribution in [0.25, 0.3) is 12.2 Å². The van der Waals surface area contributed by atoms with Crippen molar-refractivity contribution >= 4 is 23.9 Å². The average Bonchev–Trinajstić information content (AvgIpc) is 3.12. The summed E-state index contributed by atoms with van der Waals surface area (Å²) in [7, 11) is 0. The zero-order valence-corrected chi connectivity index (χ0v) is 15.1. The van der Waals surface area contributed by atoms with Crippen molar-refractivity contribution in [1.29, 1.82) is 0 Å². The molecule has 152 valence electrons. The molecule has 0 aliphatic carbocycles.